The van der Waals surface area contributed by atoms with Crippen molar-refractivity contribution in [2.45, 2.75) is 60.2 Å². The molecule has 0 amide bonds. The summed E-state index contributed by atoms with van der Waals surface area (Å²) in [5, 5.41) is 7.91. The third-order valence-electron chi connectivity index (χ3n) is 4.33. The highest BCUT2D eigenvalue weighted by molar-refractivity contribution is 5.33. The summed E-state index contributed by atoms with van der Waals surface area (Å²) in [6.45, 7) is 0. The van der Waals surface area contributed by atoms with Gasteiger partial charge in [0.05, 0.1) is 0 Å². The molecule has 0 unspecified atom stereocenters. The average Bonchev–Trinajstić information content (AvgIpc) is 2.43. The summed E-state index contributed by atoms with van der Waals surface area (Å²) < 4.78 is 302. The van der Waals surface area contributed by atoms with Crippen LogP contribution in [0.5, 0.6) is 0 Å². The van der Waals surface area contributed by atoms with E-state index in [4.69, 9.17) is 5.11 Å². The molecule has 0 aliphatic carbocycles. The third-order valence-corrected chi connectivity index (χ3v) is 4.33. The van der Waals surface area contributed by atoms with E-state index in [2.05, 4.69) is 0 Å². The van der Waals surface area contributed by atoms with Gasteiger partial charge < -0.3 is 5.11 Å². The van der Waals surface area contributed by atoms with Gasteiger partial charge in [0.1, 0.15) is 0 Å². The van der Waals surface area contributed by atoms with Gasteiger partial charge in [0.2, 0.25) is 5.67 Å². The fourth-order valence-corrected chi connectivity index (χ4v) is 2.96. The van der Waals surface area contributed by atoms with Crippen LogP contribution in [0, 0.1) is 5.41 Å². The van der Waals surface area contributed by atoms with E-state index in [9.17, 15) is 101 Å². The summed E-state index contributed by atoms with van der Waals surface area (Å²) in [5.74, 6) is 0. The van der Waals surface area contributed by atoms with Crippen molar-refractivity contribution >= 4 is 0 Å². The first kappa shape index (κ1) is 33.4. The van der Waals surface area contributed by atoms with Crippen molar-refractivity contribution in [2.75, 3.05) is 0 Å². The van der Waals surface area contributed by atoms with Crippen molar-refractivity contribution in [3.63, 3.8) is 0 Å². The molecule has 35 heavy (non-hydrogen) atoms. The highest BCUT2D eigenvalue weighted by Crippen LogP contribution is 2.77. The Morgan fingerprint density at radius 1 is 0.257 bits per heavy atom. The first-order chi connectivity index (χ1) is 14.5. The Balaban J connectivity index is 9.31. The first-order valence-electron chi connectivity index (χ1n) is 7.07. The van der Waals surface area contributed by atoms with Gasteiger partial charge in [0, 0.05) is 0 Å². The topological polar surface area (TPSA) is 20.2 Å². The quantitative estimate of drug-likeness (QED) is 0.350. The maximum atomic E-state index is 15.0. The number of alkyl halides is 23. The predicted molar refractivity (Wildman–Crippen MR) is 57.4 cm³/mol. The van der Waals surface area contributed by atoms with Crippen molar-refractivity contribution in [3.05, 3.63) is 0 Å². The summed E-state index contributed by atoms with van der Waals surface area (Å²) in [4.78, 5) is 0. The standard InChI is InChI=1S/C11HF23O/c12-2(3(13,7(21,22)23)8(24,25)26,4(14,9(27,28)29)10(30,31)32)1(5(15,16)17,6(18,19)20)11(33,34)35/h35H. The molecule has 0 aromatic carbocycles. The van der Waals surface area contributed by atoms with Crippen LogP contribution in [-0.2, 0) is 0 Å². The summed E-state index contributed by atoms with van der Waals surface area (Å²) in [6, 6.07) is 0. The maximum Gasteiger partial charge on any atom is 0.435 e. The third kappa shape index (κ3) is 3.82. The molecule has 0 spiro atoms. The van der Waals surface area contributed by atoms with Gasteiger partial charge >= 0.3 is 54.5 Å². The first-order valence-corrected chi connectivity index (χ1v) is 7.07. The number of aliphatic hydroxyl groups is 1. The van der Waals surface area contributed by atoms with Crippen LogP contribution >= 0.6 is 0 Å². The van der Waals surface area contributed by atoms with Crippen LogP contribution in [-0.4, -0.2) is 65.3 Å². The second-order valence-corrected chi connectivity index (χ2v) is 6.25. The van der Waals surface area contributed by atoms with Crippen molar-refractivity contribution in [1.29, 1.82) is 0 Å². The van der Waals surface area contributed by atoms with Gasteiger partial charge in [-0.05, 0) is 0 Å². The molecule has 0 saturated heterocycles. The predicted octanol–water partition coefficient (Wildman–Crippen LogP) is 7.06. The van der Waals surface area contributed by atoms with E-state index < -0.39 is 65.6 Å². The smallest absolute Gasteiger partial charge is 0.335 e. The maximum absolute atomic E-state index is 15.0. The molecule has 1 N–H and O–H groups in total. The van der Waals surface area contributed by atoms with Crippen LogP contribution < -0.4 is 0 Å². The molecule has 0 heterocycles. The molecule has 1 nitrogen and oxygen atoms in total. The van der Waals surface area contributed by atoms with Gasteiger partial charge in [-0.25, -0.2) is 13.2 Å². The summed E-state index contributed by atoms with van der Waals surface area (Å²) in [7, 11) is 0. The van der Waals surface area contributed by atoms with Crippen molar-refractivity contribution in [2.24, 2.45) is 5.41 Å². The molecule has 0 aromatic heterocycles. The Kier molecular flexibility index (Phi) is 7.32. The summed E-state index contributed by atoms with van der Waals surface area (Å²) in [6.07, 6.45) is -65.0. The second-order valence-electron chi connectivity index (χ2n) is 6.25. The van der Waals surface area contributed by atoms with Crippen molar-refractivity contribution in [3.8, 4) is 0 Å². The van der Waals surface area contributed by atoms with E-state index in [0.29, 0.717) is 0 Å². The number of hydrogen-bond acceptors (Lipinski definition) is 1. The minimum absolute atomic E-state index is 7.91. The summed E-state index contributed by atoms with van der Waals surface area (Å²) >= 11 is 0. The van der Waals surface area contributed by atoms with Crippen molar-refractivity contribution in [1.82, 2.24) is 0 Å². The van der Waals surface area contributed by atoms with E-state index in [1.807, 2.05) is 0 Å². The lowest BCUT2D eigenvalue weighted by atomic mass is 9.55. The van der Waals surface area contributed by atoms with Crippen LogP contribution in [0.1, 0.15) is 0 Å². The molecule has 0 radical (unpaired) electrons. The molecule has 0 aliphatic rings. The molecule has 212 valence electrons. The zero-order valence-electron chi connectivity index (χ0n) is 14.6. The molecular formula is C11HF23O. The zero-order chi connectivity index (χ0) is 29.5. The lowest BCUT2D eigenvalue weighted by Crippen LogP contribution is -2.90. The Morgan fingerprint density at radius 3 is 0.514 bits per heavy atom. The van der Waals surface area contributed by atoms with E-state index >= 15 is 0 Å². The lowest BCUT2D eigenvalue weighted by Gasteiger charge is -2.57. The summed E-state index contributed by atoms with van der Waals surface area (Å²) in [5.41, 5.74) is -40.9. The number of rotatable bonds is 4. The van der Waals surface area contributed by atoms with E-state index in [1.165, 1.54) is 0 Å². The molecule has 0 atom stereocenters. The molecular weight excluding hydrogens is 585 g/mol. The molecule has 0 rings (SSSR count). The van der Waals surface area contributed by atoms with Crippen LogP contribution in [0.4, 0.5) is 101 Å². The van der Waals surface area contributed by atoms with Crippen molar-refractivity contribution < 1.29 is 106 Å². The van der Waals surface area contributed by atoms with Gasteiger partial charge in [-0.3, -0.25) is 0 Å². The molecule has 24 heteroatoms. The average molecular weight is 586 g/mol. The van der Waals surface area contributed by atoms with E-state index in [0.717, 1.165) is 0 Å². The Morgan fingerprint density at radius 2 is 0.429 bits per heavy atom. The van der Waals surface area contributed by atoms with Gasteiger partial charge in [0.25, 0.3) is 5.41 Å². The van der Waals surface area contributed by atoms with Crippen LogP contribution in [0.3, 0.4) is 0 Å². The van der Waals surface area contributed by atoms with Crippen LogP contribution in [0.15, 0.2) is 0 Å². The Labute approximate surface area is 173 Å². The van der Waals surface area contributed by atoms with Crippen LogP contribution in [0.25, 0.3) is 0 Å². The Hall–Kier alpha value is -1.65. The monoisotopic (exact) mass is 586 g/mol. The molecule has 0 aromatic rings. The number of halogens is 23. The highest BCUT2D eigenvalue weighted by Gasteiger charge is 3.09. The lowest BCUT2D eigenvalue weighted by molar-refractivity contribution is -0.543. The largest absolute Gasteiger partial charge is 0.435 e. The van der Waals surface area contributed by atoms with Gasteiger partial charge in [-0.1, -0.05) is 0 Å². The molecule has 0 aliphatic heterocycles. The van der Waals surface area contributed by atoms with Crippen LogP contribution in [0.2, 0.25) is 0 Å². The van der Waals surface area contributed by atoms with E-state index in [1.54, 1.807) is 0 Å². The molecule has 0 saturated carbocycles. The SMILES string of the molecule is OC(F)(F)C(C(F)(F)F)(C(F)(F)F)C(F)(C(F)(C(F)(F)F)C(F)(F)F)C(F)(C(F)(F)F)C(F)(F)F. The minimum Gasteiger partial charge on any atom is -0.335 e. The number of hydrogen-bond donors (Lipinski definition) is 1. The van der Waals surface area contributed by atoms with E-state index in [-0.39, 0.29) is 0 Å². The Bertz CT molecular complexity index is 659. The molecule has 0 fully saturated rings. The van der Waals surface area contributed by atoms with Gasteiger partial charge in [0.15, 0.2) is 0 Å². The highest BCUT2D eigenvalue weighted by atomic mass is 19.5. The fraction of sp³-hybridized carbons (Fsp3) is 1.00. The fourth-order valence-electron chi connectivity index (χ4n) is 2.96. The second kappa shape index (κ2) is 7.68. The zero-order valence-corrected chi connectivity index (χ0v) is 14.6. The van der Waals surface area contributed by atoms with Gasteiger partial charge in [-0.2, -0.15) is 87.8 Å². The normalized spacial score (nSPS) is 17.1. The van der Waals surface area contributed by atoms with Gasteiger partial charge in [-0.15, -0.1) is 0 Å². The molecule has 0 bridgehead atoms. The minimum atomic E-state index is -10.7.